The third-order valence-corrected chi connectivity index (χ3v) is 5.15. The molecule has 2 aromatic rings. The number of benzene rings is 2. The molecule has 0 atom stereocenters. The average molecular weight is 394 g/mol. The van der Waals surface area contributed by atoms with E-state index in [1.807, 2.05) is 0 Å². The predicted octanol–water partition coefficient (Wildman–Crippen LogP) is 5.04. The van der Waals surface area contributed by atoms with Crippen LogP contribution in [-0.2, 0) is 4.79 Å². The van der Waals surface area contributed by atoms with E-state index in [0.29, 0.717) is 9.93 Å². The molecule has 7 heteroatoms. The van der Waals surface area contributed by atoms with Crippen molar-refractivity contribution < 1.29 is 9.59 Å². The normalized spacial score (nSPS) is 16.1. The zero-order chi connectivity index (χ0) is 17.3. The van der Waals surface area contributed by atoms with Crippen LogP contribution in [0.4, 0.5) is 0 Å². The summed E-state index contributed by atoms with van der Waals surface area (Å²) in [6.45, 7) is 0. The highest BCUT2D eigenvalue weighted by molar-refractivity contribution is 8.26. The molecule has 1 fully saturated rings. The molecule has 3 nitrogen and oxygen atoms in total. The number of thioether (sulfide) groups is 1. The van der Waals surface area contributed by atoms with Crippen LogP contribution >= 0.6 is 47.2 Å². The lowest BCUT2D eigenvalue weighted by Gasteiger charge is -2.13. The third kappa shape index (κ3) is 3.39. The maximum absolute atomic E-state index is 12.6. The Kier molecular flexibility index (Phi) is 5.06. The molecule has 0 bridgehead atoms. The van der Waals surface area contributed by atoms with Crippen molar-refractivity contribution in [1.82, 2.24) is 4.90 Å². The number of imide groups is 1. The third-order valence-electron chi connectivity index (χ3n) is 3.27. The van der Waals surface area contributed by atoms with Crippen molar-refractivity contribution in [1.29, 1.82) is 0 Å². The highest BCUT2D eigenvalue weighted by Gasteiger charge is 2.37. The lowest BCUT2D eigenvalue weighted by atomic mass is 10.2. The van der Waals surface area contributed by atoms with Crippen molar-refractivity contribution in [2.45, 2.75) is 0 Å². The lowest BCUT2D eigenvalue weighted by Crippen LogP contribution is -2.34. The van der Waals surface area contributed by atoms with E-state index in [4.69, 9.17) is 35.4 Å². The van der Waals surface area contributed by atoms with E-state index in [9.17, 15) is 9.59 Å². The first-order chi connectivity index (χ1) is 11.5. The molecule has 3 rings (SSSR count). The molecule has 1 heterocycles. The molecular weight excluding hydrogens is 385 g/mol. The first-order valence-corrected chi connectivity index (χ1v) is 8.78. The second-order valence-corrected chi connectivity index (χ2v) is 7.37. The predicted molar refractivity (Wildman–Crippen MR) is 102 cm³/mol. The summed E-state index contributed by atoms with van der Waals surface area (Å²) >= 11 is 18.2. The molecule has 120 valence electrons. The molecule has 0 radical (unpaired) electrons. The van der Waals surface area contributed by atoms with Gasteiger partial charge in [-0.15, -0.1) is 0 Å². The molecule has 2 aromatic carbocycles. The van der Waals surface area contributed by atoms with Crippen molar-refractivity contribution in [2.75, 3.05) is 0 Å². The zero-order valence-corrected chi connectivity index (χ0v) is 15.2. The summed E-state index contributed by atoms with van der Waals surface area (Å²) in [4.78, 5) is 26.5. The molecule has 0 N–H and O–H groups in total. The SMILES string of the molecule is O=C1C(=Cc2ccc(Cl)cc2)SC(=S)N1C(=O)c1ccccc1Cl. The summed E-state index contributed by atoms with van der Waals surface area (Å²) in [5.41, 5.74) is 1.04. The van der Waals surface area contributed by atoms with E-state index in [2.05, 4.69) is 0 Å². The molecular formula is C17H9Cl2NO2S2. The highest BCUT2D eigenvalue weighted by atomic mass is 35.5. The van der Waals surface area contributed by atoms with Gasteiger partial charge in [0.2, 0.25) is 0 Å². The number of thiocarbonyl (C=S) groups is 1. The van der Waals surface area contributed by atoms with Gasteiger partial charge in [-0.05, 0) is 35.9 Å². The van der Waals surface area contributed by atoms with Crippen molar-refractivity contribution in [3.63, 3.8) is 0 Å². The second kappa shape index (κ2) is 7.07. The first-order valence-electron chi connectivity index (χ1n) is 6.80. The Morgan fingerprint density at radius 3 is 2.42 bits per heavy atom. The summed E-state index contributed by atoms with van der Waals surface area (Å²) in [5.74, 6) is -0.979. The fourth-order valence-corrected chi connectivity index (χ4v) is 3.70. The summed E-state index contributed by atoms with van der Waals surface area (Å²) in [6, 6.07) is 13.6. The number of hydrogen-bond acceptors (Lipinski definition) is 4. The van der Waals surface area contributed by atoms with E-state index in [0.717, 1.165) is 22.2 Å². The van der Waals surface area contributed by atoms with Crippen molar-refractivity contribution in [3.05, 3.63) is 74.6 Å². The van der Waals surface area contributed by atoms with Crippen LogP contribution in [0.15, 0.2) is 53.4 Å². The topological polar surface area (TPSA) is 37.4 Å². The fraction of sp³-hybridized carbons (Fsp3) is 0. The van der Waals surface area contributed by atoms with E-state index in [-0.39, 0.29) is 14.9 Å². The maximum Gasteiger partial charge on any atom is 0.273 e. The summed E-state index contributed by atoms with van der Waals surface area (Å²) in [7, 11) is 0. The molecule has 0 aliphatic carbocycles. The van der Waals surface area contributed by atoms with Crippen LogP contribution in [-0.4, -0.2) is 21.0 Å². The van der Waals surface area contributed by atoms with Crippen LogP contribution in [0.3, 0.4) is 0 Å². The molecule has 1 aliphatic heterocycles. The summed E-state index contributed by atoms with van der Waals surface area (Å²) in [5, 5.41) is 0.881. The van der Waals surface area contributed by atoms with Gasteiger partial charge < -0.3 is 0 Å². The Hall–Kier alpha value is -1.66. The van der Waals surface area contributed by atoms with Gasteiger partial charge in [0.05, 0.1) is 15.5 Å². The second-order valence-electron chi connectivity index (χ2n) is 4.85. The van der Waals surface area contributed by atoms with Crippen molar-refractivity contribution >= 4 is 69.4 Å². The standard InChI is InChI=1S/C17H9Cl2NO2S2/c18-11-7-5-10(6-8-11)9-14-16(22)20(17(23)24-14)15(21)12-3-1-2-4-13(12)19/h1-9H. The van der Waals surface area contributed by atoms with Gasteiger partial charge in [0, 0.05) is 5.02 Å². The molecule has 0 aromatic heterocycles. The van der Waals surface area contributed by atoms with Gasteiger partial charge in [-0.1, -0.05) is 71.4 Å². The number of hydrogen-bond donors (Lipinski definition) is 0. The van der Waals surface area contributed by atoms with Crippen LogP contribution < -0.4 is 0 Å². The number of amides is 2. The minimum Gasteiger partial charge on any atom is -0.268 e. The van der Waals surface area contributed by atoms with Crippen LogP contribution in [0.5, 0.6) is 0 Å². The number of rotatable bonds is 2. The lowest BCUT2D eigenvalue weighted by molar-refractivity contribution is -0.120. The molecule has 1 saturated heterocycles. The fourth-order valence-electron chi connectivity index (χ4n) is 2.11. The smallest absolute Gasteiger partial charge is 0.268 e. The van der Waals surface area contributed by atoms with E-state index >= 15 is 0 Å². The van der Waals surface area contributed by atoms with Gasteiger partial charge in [0.1, 0.15) is 0 Å². The van der Waals surface area contributed by atoms with Gasteiger partial charge in [-0.3, -0.25) is 9.59 Å². The number of carbonyl (C=O) groups is 2. The van der Waals surface area contributed by atoms with Gasteiger partial charge >= 0.3 is 0 Å². The summed E-state index contributed by atoms with van der Waals surface area (Å²) in [6.07, 6.45) is 1.68. The Balaban J connectivity index is 1.91. The number of halogens is 2. The Morgan fingerprint density at radius 1 is 1.08 bits per heavy atom. The molecule has 24 heavy (non-hydrogen) atoms. The monoisotopic (exact) mass is 393 g/mol. The first kappa shape index (κ1) is 17.2. The molecule has 1 aliphatic rings. The molecule has 0 saturated carbocycles. The quantitative estimate of drug-likeness (QED) is 0.407. The molecule has 0 spiro atoms. The van der Waals surface area contributed by atoms with Gasteiger partial charge in [0.15, 0.2) is 4.32 Å². The van der Waals surface area contributed by atoms with Crippen LogP contribution in [0, 0.1) is 0 Å². The van der Waals surface area contributed by atoms with Gasteiger partial charge in [-0.2, -0.15) is 0 Å². The maximum atomic E-state index is 12.6. The van der Waals surface area contributed by atoms with Crippen LogP contribution in [0.2, 0.25) is 10.0 Å². The number of nitrogens with zero attached hydrogens (tertiary/aromatic N) is 1. The van der Waals surface area contributed by atoms with Crippen molar-refractivity contribution in [3.8, 4) is 0 Å². The minimum absolute atomic E-state index is 0.185. The average Bonchev–Trinajstić information content (AvgIpc) is 2.83. The van der Waals surface area contributed by atoms with E-state index in [1.54, 1.807) is 54.6 Å². The zero-order valence-electron chi connectivity index (χ0n) is 12.0. The minimum atomic E-state index is -0.525. The molecule has 2 amide bonds. The Morgan fingerprint density at radius 2 is 1.75 bits per heavy atom. The Labute approximate surface area is 158 Å². The van der Waals surface area contributed by atoms with Gasteiger partial charge in [-0.25, -0.2) is 4.90 Å². The van der Waals surface area contributed by atoms with Crippen LogP contribution in [0.1, 0.15) is 15.9 Å². The van der Waals surface area contributed by atoms with E-state index in [1.165, 1.54) is 0 Å². The van der Waals surface area contributed by atoms with Crippen molar-refractivity contribution in [2.24, 2.45) is 0 Å². The number of carbonyl (C=O) groups excluding carboxylic acids is 2. The highest BCUT2D eigenvalue weighted by Crippen LogP contribution is 2.34. The van der Waals surface area contributed by atoms with E-state index < -0.39 is 11.8 Å². The molecule has 0 unspecified atom stereocenters. The summed E-state index contributed by atoms with van der Waals surface area (Å²) < 4.78 is 0.185. The Bertz CT molecular complexity index is 878. The largest absolute Gasteiger partial charge is 0.273 e. The van der Waals surface area contributed by atoms with Gasteiger partial charge in [0.25, 0.3) is 11.8 Å². The van der Waals surface area contributed by atoms with Crippen LogP contribution in [0.25, 0.3) is 6.08 Å².